The molecule has 74 valence electrons. The van der Waals surface area contributed by atoms with Gasteiger partial charge in [0.25, 0.3) is 0 Å². The second-order valence-corrected chi connectivity index (χ2v) is 3.21. The molecule has 1 unspecified atom stereocenters. The molecule has 0 bridgehead atoms. The van der Waals surface area contributed by atoms with Crippen molar-refractivity contribution in [2.24, 2.45) is 0 Å². The summed E-state index contributed by atoms with van der Waals surface area (Å²) < 4.78 is 12.1. The van der Waals surface area contributed by atoms with Crippen molar-refractivity contribution in [3.8, 4) is 0 Å². The average Bonchev–Trinajstić information content (AvgIpc) is 2.08. The number of carbonyl (C=O) groups excluding carboxylic acids is 1. The van der Waals surface area contributed by atoms with Crippen LogP contribution < -0.4 is 5.31 Å². The molecule has 0 spiro atoms. The second-order valence-electron chi connectivity index (χ2n) is 3.21. The van der Waals surface area contributed by atoms with Crippen LogP contribution in [-0.4, -0.2) is 19.2 Å². The van der Waals surface area contributed by atoms with Crippen molar-refractivity contribution in [2.45, 2.75) is 38.2 Å². The molecule has 0 fully saturated rings. The van der Waals surface area contributed by atoms with Crippen molar-refractivity contribution >= 4 is 6.09 Å². The molecule has 0 saturated carbocycles. The lowest BCUT2D eigenvalue weighted by Gasteiger charge is -2.15. The zero-order chi connectivity index (χ0) is 10.4. The van der Waals surface area contributed by atoms with Gasteiger partial charge in [0.15, 0.2) is 1.41 Å². The SMILES string of the molecule is [2H]N(C)C(=O)OC1/C=C/CCCCC1. The molecule has 13 heavy (non-hydrogen) atoms. The van der Waals surface area contributed by atoms with Crippen LogP contribution in [-0.2, 0) is 4.74 Å². The first-order valence-electron chi connectivity index (χ1n) is 5.25. The lowest BCUT2D eigenvalue weighted by atomic mass is 10.0. The monoisotopic (exact) mass is 184 g/mol. The van der Waals surface area contributed by atoms with Crippen LogP contribution in [0.1, 0.15) is 32.1 Å². The summed E-state index contributed by atoms with van der Waals surface area (Å²) in [6.45, 7) is 0. The van der Waals surface area contributed by atoms with Crippen LogP contribution in [0.2, 0.25) is 1.41 Å². The largest absolute Gasteiger partial charge is 0.442 e. The molecule has 0 aromatic heterocycles. The van der Waals surface area contributed by atoms with E-state index < -0.39 is 6.09 Å². The summed E-state index contributed by atoms with van der Waals surface area (Å²) in [7, 11) is 1.37. The maximum absolute atomic E-state index is 11.1. The zero-order valence-corrected chi connectivity index (χ0v) is 8.03. The number of hydrogen-bond acceptors (Lipinski definition) is 2. The number of allylic oxidation sites excluding steroid dienone is 1. The van der Waals surface area contributed by atoms with Gasteiger partial charge < -0.3 is 10.0 Å². The van der Waals surface area contributed by atoms with Crippen LogP contribution >= 0.6 is 0 Å². The first kappa shape index (κ1) is 8.60. The fourth-order valence-corrected chi connectivity index (χ4v) is 1.41. The Labute approximate surface area is 80.6 Å². The van der Waals surface area contributed by atoms with E-state index in [1.165, 1.54) is 19.9 Å². The Morgan fingerprint density at radius 1 is 1.62 bits per heavy atom. The van der Waals surface area contributed by atoms with Crippen LogP contribution in [0.15, 0.2) is 12.2 Å². The third kappa shape index (κ3) is 3.97. The van der Waals surface area contributed by atoms with E-state index in [4.69, 9.17) is 6.15 Å². The fourth-order valence-electron chi connectivity index (χ4n) is 1.41. The van der Waals surface area contributed by atoms with Crippen LogP contribution in [0.25, 0.3) is 0 Å². The summed E-state index contributed by atoms with van der Waals surface area (Å²) in [6.07, 6.45) is 8.69. The van der Waals surface area contributed by atoms with Crippen LogP contribution in [0.4, 0.5) is 4.79 Å². The molecule has 0 aromatic carbocycles. The predicted molar refractivity (Wildman–Crippen MR) is 51.6 cm³/mol. The van der Waals surface area contributed by atoms with Gasteiger partial charge in [-0.15, -0.1) is 0 Å². The molecule has 3 heteroatoms. The number of nitrogens with one attached hydrogen (secondary N) is 1. The summed E-state index contributed by atoms with van der Waals surface area (Å²) in [5, 5.41) is 0.715. The molecule has 1 aliphatic rings. The summed E-state index contributed by atoms with van der Waals surface area (Å²) in [5.74, 6) is 0. The van der Waals surface area contributed by atoms with E-state index in [0.717, 1.165) is 19.3 Å². The van der Waals surface area contributed by atoms with Gasteiger partial charge in [0.05, 0.1) is 0 Å². The number of ether oxygens (including phenoxy) is 1. The third-order valence-corrected chi connectivity index (χ3v) is 2.14. The molecule has 0 heterocycles. The first-order valence-corrected chi connectivity index (χ1v) is 4.80. The highest BCUT2D eigenvalue weighted by Gasteiger charge is 2.10. The highest BCUT2D eigenvalue weighted by Crippen LogP contribution is 2.13. The predicted octanol–water partition coefficient (Wildman–Crippen LogP) is 2.23. The summed E-state index contributed by atoms with van der Waals surface area (Å²) in [4.78, 5) is 11.1. The van der Waals surface area contributed by atoms with Crippen molar-refractivity contribution in [1.29, 1.82) is 0 Å². The van der Waals surface area contributed by atoms with Gasteiger partial charge in [0.2, 0.25) is 0 Å². The topological polar surface area (TPSA) is 38.3 Å². The van der Waals surface area contributed by atoms with Gasteiger partial charge in [-0.25, -0.2) is 4.79 Å². The van der Waals surface area contributed by atoms with Crippen molar-refractivity contribution in [1.82, 2.24) is 5.31 Å². The van der Waals surface area contributed by atoms with E-state index in [9.17, 15) is 4.79 Å². The third-order valence-electron chi connectivity index (χ3n) is 2.14. The Kier molecular flexibility index (Phi) is 3.72. The second kappa shape index (κ2) is 5.62. The van der Waals surface area contributed by atoms with Gasteiger partial charge in [-0.05, 0) is 31.8 Å². The van der Waals surface area contributed by atoms with Gasteiger partial charge in [-0.2, -0.15) is 0 Å². The van der Waals surface area contributed by atoms with Crippen molar-refractivity contribution in [3.05, 3.63) is 12.2 Å². The average molecular weight is 184 g/mol. The highest BCUT2D eigenvalue weighted by molar-refractivity contribution is 5.67. The first-order chi connectivity index (χ1) is 6.70. The molecule has 1 N–H and O–H groups in total. The Hall–Kier alpha value is -0.990. The van der Waals surface area contributed by atoms with Crippen molar-refractivity contribution in [3.63, 3.8) is 0 Å². The van der Waals surface area contributed by atoms with Gasteiger partial charge in [-0.1, -0.05) is 12.5 Å². The molecule has 1 rings (SSSR count). The lowest BCUT2D eigenvalue weighted by molar-refractivity contribution is 0.115. The normalized spacial score (nSPS) is 26.5. The molecule has 0 radical (unpaired) electrons. The minimum absolute atomic E-state index is 0.143. The molecule has 0 aliphatic heterocycles. The van der Waals surface area contributed by atoms with Crippen molar-refractivity contribution < 1.29 is 10.9 Å². The minimum atomic E-state index is -0.583. The number of hydrogen-bond donors (Lipinski definition) is 1. The molecule has 1 amide bonds. The fraction of sp³-hybridized carbons (Fsp3) is 0.700. The minimum Gasteiger partial charge on any atom is -0.442 e. The Morgan fingerprint density at radius 3 is 3.23 bits per heavy atom. The summed E-state index contributed by atoms with van der Waals surface area (Å²) >= 11 is 0. The van der Waals surface area contributed by atoms with E-state index >= 15 is 0 Å². The van der Waals surface area contributed by atoms with Crippen LogP contribution in [0.5, 0.6) is 0 Å². The van der Waals surface area contributed by atoms with Gasteiger partial charge in [0, 0.05) is 7.05 Å². The molecular formula is C10H17NO2. The summed E-state index contributed by atoms with van der Waals surface area (Å²) in [6, 6.07) is 0. The Balaban J connectivity index is 2.41. The maximum Gasteiger partial charge on any atom is 0.407 e. The smallest absolute Gasteiger partial charge is 0.407 e. The number of carbonyl (C=O) groups is 1. The molecule has 3 nitrogen and oxygen atoms in total. The number of amides is 1. The van der Waals surface area contributed by atoms with Crippen LogP contribution in [0.3, 0.4) is 0 Å². The lowest BCUT2D eigenvalue weighted by Crippen LogP contribution is -2.25. The van der Waals surface area contributed by atoms with Crippen molar-refractivity contribution in [2.75, 3.05) is 7.05 Å². The zero-order valence-electron chi connectivity index (χ0n) is 9.03. The van der Waals surface area contributed by atoms with Gasteiger partial charge in [-0.3, -0.25) is 0 Å². The molecule has 1 atom stereocenters. The molecule has 0 saturated heterocycles. The van der Waals surface area contributed by atoms with E-state index in [-0.39, 0.29) is 6.10 Å². The maximum atomic E-state index is 11.1. The van der Waals surface area contributed by atoms with E-state index in [2.05, 4.69) is 6.08 Å². The Bertz CT molecular complexity index is 216. The number of alkyl carbamates (subject to hydrolysis) is 1. The quantitative estimate of drug-likeness (QED) is 0.635. The molecular weight excluding hydrogens is 166 g/mol. The number of rotatable bonds is 1. The highest BCUT2D eigenvalue weighted by atomic mass is 16.6. The van der Waals surface area contributed by atoms with E-state index in [1.54, 1.807) is 0 Å². The molecule has 1 aliphatic carbocycles. The van der Waals surface area contributed by atoms with Crippen LogP contribution in [0, 0.1) is 0 Å². The Morgan fingerprint density at radius 2 is 2.46 bits per heavy atom. The molecule has 0 aromatic rings. The van der Waals surface area contributed by atoms with Gasteiger partial charge >= 0.3 is 6.09 Å². The summed E-state index contributed by atoms with van der Waals surface area (Å²) in [5.41, 5.74) is 0. The van der Waals surface area contributed by atoms with Gasteiger partial charge in [0.1, 0.15) is 6.10 Å². The standard InChI is InChI=1S/C10H17NO2/c1-11-10(12)13-9-7-5-3-2-4-6-8-9/h5,7,9H,2-4,6,8H2,1H3,(H,11,12)/b7-5+/i/hD. The van der Waals surface area contributed by atoms with E-state index in [1.807, 2.05) is 6.08 Å². The van der Waals surface area contributed by atoms with E-state index in [0.29, 0.717) is 5.31 Å².